The molecule has 1 aliphatic rings. The van der Waals surface area contributed by atoms with E-state index >= 15 is 0 Å². The molecule has 1 fully saturated rings. The molecule has 8 heteroatoms. The molecule has 0 amide bonds. The smallest absolute Gasteiger partial charge is 0.326 e. The van der Waals surface area contributed by atoms with E-state index in [1.54, 1.807) is 12.3 Å². The number of nitrogens with zero attached hydrogens (tertiary/aromatic N) is 5. The van der Waals surface area contributed by atoms with E-state index in [2.05, 4.69) is 62.9 Å². The second-order valence-electron chi connectivity index (χ2n) is 10.4. The summed E-state index contributed by atoms with van der Waals surface area (Å²) in [5, 5.41) is 0.955. The molecule has 0 unspecified atom stereocenters. The number of aromatic nitrogens is 5. The molecule has 1 N–H and O–H groups in total. The summed E-state index contributed by atoms with van der Waals surface area (Å²) < 4.78 is 1.84. The highest BCUT2D eigenvalue weighted by Gasteiger charge is 2.25. The molecule has 0 spiro atoms. The van der Waals surface area contributed by atoms with Crippen LogP contribution in [0.5, 0.6) is 0 Å². The first-order valence-electron chi connectivity index (χ1n) is 14.1. The average Bonchev–Trinajstić information content (AvgIpc) is 3.33. The first kappa shape index (κ1) is 27.2. The van der Waals surface area contributed by atoms with Crippen LogP contribution in [0.25, 0.3) is 21.9 Å². The molecule has 3 aromatic heterocycles. The fraction of sp³-hybridized carbons (Fsp3) is 0.344. The number of para-hydroxylation sites is 1. The molecule has 1 aliphatic heterocycles. The number of nitrogens with one attached hydrogen (secondary N) is 1. The van der Waals surface area contributed by atoms with Gasteiger partial charge in [-0.2, -0.15) is 0 Å². The fourth-order valence-corrected chi connectivity index (χ4v) is 5.41. The Kier molecular flexibility index (Phi) is 8.34. The van der Waals surface area contributed by atoms with E-state index in [4.69, 9.17) is 0 Å². The summed E-state index contributed by atoms with van der Waals surface area (Å²) in [5.41, 5.74) is 5.81. The number of carbonyl (C=O) groups is 1. The standard InChI is InChI=1S/C21H20N6O2.C11H16/c1-13(28)17-10-19(24-12-23-17)26-8-6-14(7-9-26)27-18-11-22-16-5-3-2-4-15(16)20(18)25-21(27)29;1-3-4-8-11-9-6-5-7-10(11)2/h2-5,10-12,14H,6-9H2,1H3,(H,25,29);5-7,9H,3-4,8H2,1-2H3. The Hall–Kier alpha value is -4.33. The number of aromatic amines is 1. The van der Waals surface area contributed by atoms with E-state index in [9.17, 15) is 9.59 Å². The molecule has 1 saturated heterocycles. The van der Waals surface area contributed by atoms with Crippen LogP contribution in [0.3, 0.4) is 0 Å². The van der Waals surface area contributed by atoms with Crippen molar-refractivity contribution in [2.45, 2.75) is 58.9 Å². The lowest BCUT2D eigenvalue weighted by molar-refractivity contribution is 0.101. The zero-order chi connectivity index (χ0) is 28.1. The van der Waals surface area contributed by atoms with Crippen LogP contribution < -0.4 is 10.6 Å². The van der Waals surface area contributed by atoms with Crippen molar-refractivity contribution in [3.8, 4) is 0 Å². The number of fused-ring (bicyclic) bond motifs is 3. The topological polar surface area (TPSA) is 96.8 Å². The van der Waals surface area contributed by atoms with Gasteiger partial charge in [0.15, 0.2) is 5.78 Å². The minimum atomic E-state index is -0.0995. The lowest BCUT2D eigenvalue weighted by Crippen LogP contribution is -2.37. The van der Waals surface area contributed by atoms with Crippen LogP contribution in [-0.4, -0.2) is 43.4 Å². The highest BCUT2D eigenvalue weighted by molar-refractivity contribution is 6.01. The number of rotatable bonds is 6. The molecular weight excluding hydrogens is 500 g/mol. The summed E-state index contributed by atoms with van der Waals surface area (Å²) in [6, 6.07) is 18.3. The number of anilines is 1. The summed E-state index contributed by atoms with van der Waals surface area (Å²) in [4.78, 5) is 42.4. The number of ketones is 1. The molecule has 8 nitrogen and oxygen atoms in total. The van der Waals surface area contributed by atoms with Crippen molar-refractivity contribution < 1.29 is 4.79 Å². The molecule has 40 heavy (non-hydrogen) atoms. The Morgan fingerprint density at radius 2 is 1.77 bits per heavy atom. The molecule has 0 bridgehead atoms. The fourth-order valence-electron chi connectivity index (χ4n) is 5.41. The molecule has 206 valence electrons. The molecule has 4 heterocycles. The second kappa shape index (κ2) is 12.2. The minimum Gasteiger partial charge on any atom is -0.356 e. The van der Waals surface area contributed by atoms with E-state index in [1.807, 2.05) is 28.8 Å². The van der Waals surface area contributed by atoms with Gasteiger partial charge in [0, 0.05) is 37.5 Å². The number of carbonyl (C=O) groups excluding carboxylic acids is 1. The number of hydrogen-bond acceptors (Lipinski definition) is 6. The van der Waals surface area contributed by atoms with Gasteiger partial charge >= 0.3 is 5.69 Å². The van der Waals surface area contributed by atoms with Gasteiger partial charge in [0.25, 0.3) is 0 Å². The third kappa shape index (κ3) is 5.81. The number of unbranched alkanes of at least 4 members (excludes halogenated alkanes) is 1. The Morgan fingerprint density at radius 1 is 1.02 bits per heavy atom. The lowest BCUT2D eigenvalue weighted by atomic mass is 10.0. The second-order valence-corrected chi connectivity index (χ2v) is 10.4. The highest BCUT2D eigenvalue weighted by Crippen LogP contribution is 2.29. The van der Waals surface area contributed by atoms with Gasteiger partial charge in [-0.25, -0.2) is 14.8 Å². The Labute approximate surface area is 234 Å². The zero-order valence-corrected chi connectivity index (χ0v) is 23.4. The minimum absolute atomic E-state index is 0.0754. The molecule has 6 rings (SSSR count). The summed E-state index contributed by atoms with van der Waals surface area (Å²) >= 11 is 0. The van der Waals surface area contributed by atoms with Crippen LogP contribution in [0.15, 0.2) is 71.9 Å². The van der Waals surface area contributed by atoms with Crippen molar-refractivity contribution >= 4 is 33.5 Å². The van der Waals surface area contributed by atoms with Crippen LogP contribution in [0.2, 0.25) is 0 Å². The molecular formula is C32H36N6O2. The maximum absolute atomic E-state index is 12.8. The summed E-state index contributed by atoms with van der Waals surface area (Å²) in [5.74, 6) is 0.677. The number of benzene rings is 2. The average molecular weight is 537 g/mol. The summed E-state index contributed by atoms with van der Waals surface area (Å²) in [7, 11) is 0. The molecule has 5 aromatic rings. The van der Waals surface area contributed by atoms with E-state index in [0.29, 0.717) is 5.69 Å². The van der Waals surface area contributed by atoms with Crippen molar-refractivity contribution in [3.63, 3.8) is 0 Å². The van der Waals surface area contributed by atoms with Crippen LogP contribution in [0, 0.1) is 6.92 Å². The number of Topliss-reactive ketones (excluding diaryl/α,β-unsaturated/α-hetero) is 1. The van der Waals surface area contributed by atoms with Crippen molar-refractivity contribution in [2.75, 3.05) is 18.0 Å². The maximum Gasteiger partial charge on any atom is 0.326 e. The Morgan fingerprint density at radius 3 is 2.52 bits per heavy atom. The van der Waals surface area contributed by atoms with Crippen molar-refractivity contribution in [1.29, 1.82) is 0 Å². The number of piperidine rings is 1. The third-order valence-electron chi connectivity index (χ3n) is 7.69. The third-order valence-corrected chi connectivity index (χ3v) is 7.69. The number of H-pyrrole nitrogens is 1. The normalized spacial score (nSPS) is 13.8. The lowest BCUT2D eigenvalue weighted by Gasteiger charge is -2.33. The van der Waals surface area contributed by atoms with Gasteiger partial charge in [0.2, 0.25) is 0 Å². The SMILES string of the molecule is CC(=O)c1cc(N2CCC(n3c(=O)[nH]c4c5ccccc5ncc43)CC2)ncn1.CCCCc1ccccc1C. The predicted octanol–water partition coefficient (Wildman–Crippen LogP) is 6.05. The first-order valence-corrected chi connectivity index (χ1v) is 14.1. The van der Waals surface area contributed by atoms with Crippen molar-refractivity contribution in [2.24, 2.45) is 0 Å². The van der Waals surface area contributed by atoms with Gasteiger partial charge in [-0.3, -0.25) is 14.3 Å². The molecule has 2 aromatic carbocycles. The quantitative estimate of drug-likeness (QED) is 0.265. The summed E-state index contributed by atoms with van der Waals surface area (Å²) in [6.45, 7) is 7.42. The molecule has 0 atom stereocenters. The molecule has 0 radical (unpaired) electrons. The van der Waals surface area contributed by atoms with Crippen LogP contribution >= 0.6 is 0 Å². The Balaban J connectivity index is 0.000000248. The maximum atomic E-state index is 12.8. The first-order chi connectivity index (χ1) is 19.5. The summed E-state index contributed by atoms with van der Waals surface area (Å²) in [6.07, 6.45) is 8.66. The largest absolute Gasteiger partial charge is 0.356 e. The van der Waals surface area contributed by atoms with Crippen molar-refractivity contribution in [1.82, 2.24) is 24.5 Å². The van der Waals surface area contributed by atoms with E-state index in [1.165, 1.54) is 43.6 Å². The van der Waals surface area contributed by atoms with Crippen molar-refractivity contribution in [3.05, 3.63) is 94.4 Å². The van der Waals surface area contributed by atoms with Gasteiger partial charge in [-0.05, 0) is 49.8 Å². The monoisotopic (exact) mass is 536 g/mol. The van der Waals surface area contributed by atoms with E-state index in [-0.39, 0.29) is 17.5 Å². The Bertz CT molecular complexity index is 1680. The molecule has 0 aliphatic carbocycles. The van der Waals surface area contributed by atoms with E-state index < -0.39 is 0 Å². The number of aryl methyl sites for hydroxylation is 2. The van der Waals surface area contributed by atoms with Gasteiger partial charge in [0.05, 0.1) is 22.7 Å². The zero-order valence-electron chi connectivity index (χ0n) is 23.4. The highest BCUT2D eigenvalue weighted by atomic mass is 16.1. The van der Waals surface area contributed by atoms with E-state index in [0.717, 1.165) is 53.7 Å². The number of pyridine rings is 1. The van der Waals surface area contributed by atoms with Gasteiger partial charge < -0.3 is 9.88 Å². The van der Waals surface area contributed by atoms with Gasteiger partial charge in [0.1, 0.15) is 17.8 Å². The number of hydrogen-bond donors (Lipinski definition) is 1. The van der Waals surface area contributed by atoms with Crippen LogP contribution in [-0.2, 0) is 6.42 Å². The van der Waals surface area contributed by atoms with Crippen LogP contribution in [0.4, 0.5) is 5.82 Å². The number of imidazole rings is 1. The van der Waals surface area contributed by atoms with Gasteiger partial charge in [-0.1, -0.05) is 55.8 Å². The predicted molar refractivity (Wildman–Crippen MR) is 160 cm³/mol. The molecule has 0 saturated carbocycles. The van der Waals surface area contributed by atoms with Crippen LogP contribution in [0.1, 0.15) is 67.2 Å². The van der Waals surface area contributed by atoms with Gasteiger partial charge in [-0.15, -0.1) is 0 Å².